The van der Waals surface area contributed by atoms with Crippen molar-refractivity contribution in [1.29, 1.82) is 0 Å². The van der Waals surface area contributed by atoms with Crippen molar-refractivity contribution in [2.45, 2.75) is 39.0 Å². The normalized spacial score (nSPS) is 11.1. The van der Waals surface area contributed by atoms with Gasteiger partial charge in [-0.15, -0.1) is 11.3 Å². The maximum absolute atomic E-state index is 9.38. The van der Waals surface area contributed by atoms with Crippen molar-refractivity contribution in [2.75, 3.05) is 0 Å². The van der Waals surface area contributed by atoms with E-state index >= 15 is 0 Å². The Balaban J connectivity index is 1.79. The molecule has 0 aliphatic heterocycles. The van der Waals surface area contributed by atoms with Crippen molar-refractivity contribution in [3.8, 4) is 16.3 Å². The summed E-state index contributed by atoms with van der Waals surface area (Å²) in [5.74, 6) is 0.291. The summed E-state index contributed by atoms with van der Waals surface area (Å²) >= 11 is 1.72. The molecule has 2 aromatic carbocycles. The molecular formula is C19H21NOS. The largest absolute Gasteiger partial charge is 0.508 e. The second kappa shape index (κ2) is 6.93. The van der Waals surface area contributed by atoms with Crippen LogP contribution < -0.4 is 0 Å². The number of phenolic OH excluding ortho intramolecular Hbond substituents is 1. The van der Waals surface area contributed by atoms with Gasteiger partial charge in [-0.05, 0) is 54.8 Å². The highest BCUT2D eigenvalue weighted by atomic mass is 32.1. The SMILES string of the molecule is CCCCCCc1ccc2nc(-c3ccc(O)cc3)sc2c1. The third-order valence-electron chi connectivity index (χ3n) is 3.89. The van der Waals surface area contributed by atoms with Crippen molar-refractivity contribution in [3.05, 3.63) is 48.0 Å². The molecule has 2 nitrogen and oxygen atoms in total. The molecule has 1 heterocycles. The van der Waals surface area contributed by atoms with Gasteiger partial charge in [-0.2, -0.15) is 0 Å². The van der Waals surface area contributed by atoms with Gasteiger partial charge in [0.2, 0.25) is 0 Å². The Morgan fingerprint density at radius 2 is 1.82 bits per heavy atom. The Labute approximate surface area is 135 Å². The highest BCUT2D eigenvalue weighted by Crippen LogP contribution is 2.31. The van der Waals surface area contributed by atoms with E-state index in [2.05, 4.69) is 25.1 Å². The van der Waals surface area contributed by atoms with Crippen LogP contribution in [-0.4, -0.2) is 10.1 Å². The molecule has 3 heteroatoms. The predicted octanol–water partition coefficient (Wildman–Crippen LogP) is 5.79. The van der Waals surface area contributed by atoms with Gasteiger partial charge in [-0.25, -0.2) is 4.98 Å². The molecule has 0 amide bonds. The minimum Gasteiger partial charge on any atom is -0.508 e. The van der Waals surface area contributed by atoms with Gasteiger partial charge in [0, 0.05) is 5.56 Å². The molecular weight excluding hydrogens is 290 g/mol. The molecule has 114 valence electrons. The Hall–Kier alpha value is -1.87. The number of nitrogens with zero attached hydrogens (tertiary/aromatic N) is 1. The van der Waals surface area contributed by atoms with Crippen LogP contribution in [-0.2, 0) is 6.42 Å². The lowest BCUT2D eigenvalue weighted by Crippen LogP contribution is -1.85. The number of aromatic hydroxyl groups is 1. The number of hydrogen-bond acceptors (Lipinski definition) is 3. The van der Waals surface area contributed by atoms with Crippen LogP contribution in [0.4, 0.5) is 0 Å². The summed E-state index contributed by atoms with van der Waals surface area (Å²) in [6, 6.07) is 13.9. The number of rotatable bonds is 6. The van der Waals surface area contributed by atoms with Crippen LogP contribution >= 0.6 is 11.3 Å². The van der Waals surface area contributed by atoms with Crippen LogP contribution in [0.2, 0.25) is 0 Å². The lowest BCUT2D eigenvalue weighted by atomic mass is 10.1. The van der Waals surface area contributed by atoms with E-state index < -0.39 is 0 Å². The molecule has 0 atom stereocenters. The third kappa shape index (κ3) is 3.47. The van der Waals surface area contributed by atoms with E-state index in [1.54, 1.807) is 23.5 Å². The van der Waals surface area contributed by atoms with Crippen LogP contribution in [0.5, 0.6) is 5.75 Å². The van der Waals surface area contributed by atoms with Crippen molar-refractivity contribution in [2.24, 2.45) is 0 Å². The molecule has 0 unspecified atom stereocenters. The van der Waals surface area contributed by atoms with E-state index in [0.29, 0.717) is 5.75 Å². The Morgan fingerprint density at radius 3 is 2.59 bits per heavy atom. The molecule has 3 rings (SSSR count). The molecule has 0 bridgehead atoms. The summed E-state index contributed by atoms with van der Waals surface area (Å²) in [5, 5.41) is 10.4. The van der Waals surface area contributed by atoms with Crippen LogP contribution in [0.15, 0.2) is 42.5 Å². The fourth-order valence-electron chi connectivity index (χ4n) is 2.61. The van der Waals surface area contributed by atoms with Crippen molar-refractivity contribution in [1.82, 2.24) is 4.98 Å². The Morgan fingerprint density at radius 1 is 1.00 bits per heavy atom. The van der Waals surface area contributed by atoms with E-state index in [1.165, 1.54) is 35.9 Å². The quantitative estimate of drug-likeness (QED) is 0.584. The van der Waals surface area contributed by atoms with E-state index in [9.17, 15) is 5.11 Å². The van der Waals surface area contributed by atoms with Gasteiger partial charge in [-0.1, -0.05) is 32.3 Å². The molecule has 22 heavy (non-hydrogen) atoms. The summed E-state index contributed by atoms with van der Waals surface area (Å²) in [6.45, 7) is 2.24. The second-order valence-corrected chi connectivity index (χ2v) is 6.71. The van der Waals surface area contributed by atoms with E-state index in [0.717, 1.165) is 22.5 Å². The molecule has 0 spiro atoms. The maximum atomic E-state index is 9.38. The van der Waals surface area contributed by atoms with Crippen LogP contribution in [0, 0.1) is 0 Å². The summed E-state index contributed by atoms with van der Waals surface area (Å²) in [6.07, 6.45) is 6.35. The van der Waals surface area contributed by atoms with Crippen LogP contribution in [0.1, 0.15) is 38.2 Å². The fraction of sp³-hybridized carbons (Fsp3) is 0.316. The van der Waals surface area contributed by atoms with Crippen molar-refractivity contribution >= 4 is 21.6 Å². The molecule has 0 saturated carbocycles. The van der Waals surface area contributed by atoms with E-state index in [1.807, 2.05) is 12.1 Å². The number of hydrogen-bond donors (Lipinski definition) is 1. The monoisotopic (exact) mass is 311 g/mol. The van der Waals surface area contributed by atoms with Crippen LogP contribution in [0.25, 0.3) is 20.8 Å². The molecule has 3 aromatic rings. The molecule has 0 saturated heterocycles. The first-order chi connectivity index (χ1) is 10.8. The Kier molecular flexibility index (Phi) is 4.74. The van der Waals surface area contributed by atoms with Crippen molar-refractivity contribution in [3.63, 3.8) is 0 Å². The number of phenols is 1. The molecule has 1 N–H and O–H groups in total. The Bertz CT molecular complexity index is 746. The van der Waals surface area contributed by atoms with Gasteiger partial charge in [0.1, 0.15) is 10.8 Å². The number of unbranched alkanes of at least 4 members (excludes halogenated alkanes) is 3. The standard InChI is InChI=1S/C19H21NOS/c1-2-3-4-5-6-14-7-12-17-18(13-14)22-19(20-17)15-8-10-16(21)11-9-15/h7-13,21H,2-6H2,1H3. The molecule has 0 aliphatic rings. The fourth-order valence-corrected chi connectivity index (χ4v) is 3.64. The average molecular weight is 311 g/mol. The first kappa shape index (κ1) is 15.0. The zero-order chi connectivity index (χ0) is 15.4. The summed E-state index contributed by atoms with van der Waals surface area (Å²) in [7, 11) is 0. The minimum absolute atomic E-state index is 0.291. The minimum atomic E-state index is 0.291. The average Bonchev–Trinajstić information content (AvgIpc) is 2.95. The number of fused-ring (bicyclic) bond motifs is 1. The highest BCUT2D eigenvalue weighted by molar-refractivity contribution is 7.21. The van der Waals surface area contributed by atoms with Gasteiger partial charge in [0.15, 0.2) is 0 Å². The lowest BCUT2D eigenvalue weighted by molar-refractivity contribution is 0.475. The topological polar surface area (TPSA) is 33.1 Å². The van der Waals surface area contributed by atoms with Gasteiger partial charge < -0.3 is 5.11 Å². The molecule has 1 aromatic heterocycles. The van der Waals surface area contributed by atoms with Crippen LogP contribution in [0.3, 0.4) is 0 Å². The summed E-state index contributed by atoms with van der Waals surface area (Å²) in [5.41, 5.74) is 3.53. The molecule has 0 fully saturated rings. The van der Waals surface area contributed by atoms with Gasteiger partial charge in [0.25, 0.3) is 0 Å². The van der Waals surface area contributed by atoms with E-state index in [-0.39, 0.29) is 0 Å². The number of aryl methyl sites for hydroxylation is 1. The van der Waals surface area contributed by atoms with Gasteiger partial charge >= 0.3 is 0 Å². The molecule has 0 aliphatic carbocycles. The number of aromatic nitrogens is 1. The van der Waals surface area contributed by atoms with Crippen molar-refractivity contribution < 1.29 is 5.11 Å². The summed E-state index contributed by atoms with van der Waals surface area (Å²) in [4.78, 5) is 4.70. The summed E-state index contributed by atoms with van der Waals surface area (Å²) < 4.78 is 1.25. The number of thiazole rings is 1. The second-order valence-electron chi connectivity index (χ2n) is 5.68. The predicted molar refractivity (Wildman–Crippen MR) is 94.6 cm³/mol. The highest BCUT2D eigenvalue weighted by Gasteiger charge is 2.07. The first-order valence-corrected chi connectivity index (χ1v) is 8.77. The maximum Gasteiger partial charge on any atom is 0.124 e. The zero-order valence-electron chi connectivity index (χ0n) is 12.9. The smallest absolute Gasteiger partial charge is 0.124 e. The number of benzene rings is 2. The van der Waals surface area contributed by atoms with Gasteiger partial charge in [0.05, 0.1) is 10.2 Å². The van der Waals surface area contributed by atoms with E-state index in [4.69, 9.17) is 4.98 Å². The first-order valence-electron chi connectivity index (χ1n) is 7.95. The third-order valence-corrected chi connectivity index (χ3v) is 4.95. The lowest BCUT2D eigenvalue weighted by Gasteiger charge is -2.00. The van der Waals surface area contributed by atoms with Gasteiger partial charge in [-0.3, -0.25) is 0 Å². The zero-order valence-corrected chi connectivity index (χ0v) is 13.7. The molecule has 0 radical (unpaired) electrons.